The van der Waals surface area contributed by atoms with Gasteiger partial charge in [-0.2, -0.15) is 0 Å². The van der Waals surface area contributed by atoms with E-state index in [-0.39, 0.29) is 0 Å². The maximum absolute atomic E-state index is 6.11. The fourth-order valence-corrected chi connectivity index (χ4v) is 2.28. The van der Waals surface area contributed by atoms with Crippen molar-refractivity contribution in [1.82, 2.24) is 0 Å². The lowest BCUT2D eigenvalue weighted by Gasteiger charge is -2.33. The molecule has 0 N–H and O–H groups in total. The van der Waals surface area contributed by atoms with Crippen LogP contribution in [0, 0.1) is 0 Å². The van der Waals surface area contributed by atoms with Crippen molar-refractivity contribution < 1.29 is 14.2 Å². The molecular formula is C21H20O3. The van der Waals surface area contributed by atoms with Crippen molar-refractivity contribution in [1.29, 1.82) is 0 Å². The Bertz CT molecular complexity index is 625. The van der Waals surface area contributed by atoms with E-state index in [4.69, 9.17) is 14.2 Å². The van der Waals surface area contributed by atoms with Gasteiger partial charge in [-0.15, -0.1) is 0 Å². The SMILES string of the molecule is CCC(Oc1ccccc1)(Oc1ccccc1)Oc1ccccc1. The summed E-state index contributed by atoms with van der Waals surface area (Å²) in [4.78, 5) is 0. The maximum atomic E-state index is 6.11. The zero-order valence-electron chi connectivity index (χ0n) is 13.6. The van der Waals surface area contributed by atoms with Crippen molar-refractivity contribution in [3.63, 3.8) is 0 Å². The summed E-state index contributed by atoms with van der Waals surface area (Å²) in [6.07, 6.45) is 0.506. The van der Waals surface area contributed by atoms with Gasteiger partial charge in [-0.1, -0.05) is 61.5 Å². The van der Waals surface area contributed by atoms with Gasteiger partial charge >= 0.3 is 5.97 Å². The molecule has 0 saturated carbocycles. The molecule has 0 unspecified atom stereocenters. The normalized spacial score (nSPS) is 10.9. The number of hydrogen-bond donors (Lipinski definition) is 0. The highest BCUT2D eigenvalue weighted by molar-refractivity contribution is 5.26. The van der Waals surface area contributed by atoms with Crippen LogP contribution in [0.3, 0.4) is 0 Å². The Morgan fingerprint density at radius 2 is 0.833 bits per heavy atom. The summed E-state index contributed by atoms with van der Waals surface area (Å²) < 4.78 is 18.3. The van der Waals surface area contributed by atoms with Crippen LogP contribution in [-0.4, -0.2) is 5.97 Å². The molecule has 3 rings (SSSR count). The Balaban J connectivity index is 1.91. The van der Waals surface area contributed by atoms with Crippen LogP contribution < -0.4 is 14.2 Å². The third kappa shape index (κ3) is 4.07. The van der Waals surface area contributed by atoms with Crippen molar-refractivity contribution in [2.45, 2.75) is 19.3 Å². The van der Waals surface area contributed by atoms with E-state index in [2.05, 4.69) is 0 Å². The Morgan fingerprint density at radius 3 is 1.08 bits per heavy atom. The van der Waals surface area contributed by atoms with Gasteiger partial charge in [-0.05, 0) is 36.4 Å². The summed E-state index contributed by atoms with van der Waals surface area (Å²) in [5.74, 6) is 0.813. The molecule has 24 heavy (non-hydrogen) atoms. The second kappa shape index (κ2) is 7.55. The molecule has 0 fully saturated rings. The molecule has 0 aromatic heterocycles. The van der Waals surface area contributed by atoms with E-state index in [0.29, 0.717) is 23.7 Å². The van der Waals surface area contributed by atoms with Crippen LogP contribution in [0.25, 0.3) is 0 Å². The molecule has 0 saturated heterocycles. The predicted octanol–water partition coefficient (Wildman–Crippen LogP) is 5.29. The molecule has 3 aromatic carbocycles. The monoisotopic (exact) mass is 320 g/mol. The lowest BCUT2D eigenvalue weighted by atomic mass is 10.3. The molecule has 0 aliphatic rings. The first kappa shape index (κ1) is 15.9. The molecule has 0 aliphatic carbocycles. The molecule has 3 nitrogen and oxygen atoms in total. The minimum Gasteiger partial charge on any atom is -0.421 e. The Morgan fingerprint density at radius 1 is 0.542 bits per heavy atom. The second-order valence-electron chi connectivity index (χ2n) is 5.28. The zero-order chi connectivity index (χ0) is 16.7. The number of benzene rings is 3. The summed E-state index contributed by atoms with van der Waals surface area (Å²) in [6.45, 7) is 1.97. The second-order valence-corrected chi connectivity index (χ2v) is 5.28. The minimum atomic E-state index is -1.25. The third-order valence-corrected chi connectivity index (χ3v) is 3.48. The zero-order valence-corrected chi connectivity index (χ0v) is 13.6. The van der Waals surface area contributed by atoms with Gasteiger partial charge in [-0.25, -0.2) is 0 Å². The largest absolute Gasteiger partial charge is 0.421 e. The first-order chi connectivity index (χ1) is 11.8. The van der Waals surface area contributed by atoms with Crippen LogP contribution in [0.15, 0.2) is 91.0 Å². The van der Waals surface area contributed by atoms with Crippen molar-refractivity contribution in [2.24, 2.45) is 0 Å². The quantitative estimate of drug-likeness (QED) is 0.554. The van der Waals surface area contributed by atoms with E-state index in [1.807, 2.05) is 97.9 Å². The molecule has 3 aromatic rings. The van der Waals surface area contributed by atoms with Crippen LogP contribution in [-0.2, 0) is 0 Å². The molecule has 0 heterocycles. The molecule has 0 aliphatic heterocycles. The topological polar surface area (TPSA) is 27.7 Å². The van der Waals surface area contributed by atoms with Gasteiger partial charge in [-0.3, -0.25) is 0 Å². The van der Waals surface area contributed by atoms with Crippen molar-refractivity contribution in [2.75, 3.05) is 0 Å². The first-order valence-corrected chi connectivity index (χ1v) is 8.02. The van der Waals surface area contributed by atoms with Crippen LogP contribution in [0.4, 0.5) is 0 Å². The lowest BCUT2D eigenvalue weighted by molar-refractivity contribution is -0.253. The lowest BCUT2D eigenvalue weighted by Crippen LogP contribution is -2.47. The summed E-state index contributed by atoms with van der Waals surface area (Å²) >= 11 is 0. The molecule has 0 spiro atoms. The highest BCUT2D eigenvalue weighted by atomic mass is 16.9. The van der Waals surface area contributed by atoms with Gasteiger partial charge in [0.05, 0.1) is 6.42 Å². The average molecular weight is 320 g/mol. The fraction of sp³-hybridized carbons (Fsp3) is 0.143. The van der Waals surface area contributed by atoms with E-state index in [1.165, 1.54) is 0 Å². The first-order valence-electron chi connectivity index (χ1n) is 8.02. The Hall–Kier alpha value is -2.94. The average Bonchev–Trinajstić information content (AvgIpc) is 2.64. The smallest absolute Gasteiger partial charge is 0.416 e. The Labute approximate surface area is 142 Å². The Kier molecular flexibility index (Phi) is 5.02. The van der Waals surface area contributed by atoms with Gasteiger partial charge in [0.1, 0.15) is 17.2 Å². The standard InChI is InChI=1S/C21H20O3/c1-2-21(22-18-12-6-3-7-13-18,23-19-14-8-4-9-15-19)24-20-16-10-5-11-17-20/h3-17H,2H2,1H3. The molecule has 122 valence electrons. The van der Waals surface area contributed by atoms with Gasteiger partial charge in [0.2, 0.25) is 0 Å². The number of ether oxygens (including phenoxy) is 3. The van der Waals surface area contributed by atoms with Gasteiger partial charge in [0.25, 0.3) is 0 Å². The molecule has 3 heteroatoms. The van der Waals surface area contributed by atoms with Crippen LogP contribution in [0.1, 0.15) is 13.3 Å². The summed E-state index contributed by atoms with van der Waals surface area (Å²) in [7, 11) is 0. The molecule has 0 atom stereocenters. The van der Waals surface area contributed by atoms with Crippen molar-refractivity contribution in [3.05, 3.63) is 91.0 Å². The predicted molar refractivity (Wildman–Crippen MR) is 94.2 cm³/mol. The van der Waals surface area contributed by atoms with Crippen molar-refractivity contribution >= 4 is 0 Å². The highest BCUT2D eigenvalue weighted by Gasteiger charge is 2.36. The number of rotatable bonds is 7. The van der Waals surface area contributed by atoms with Crippen LogP contribution >= 0.6 is 0 Å². The summed E-state index contributed by atoms with van der Waals surface area (Å²) in [5, 5.41) is 0. The molecular weight excluding hydrogens is 300 g/mol. The van der Waals surface area contributed by atoms with Gasteiger partial charge in [0, 0.05) is 0 Å². The van der Waals surface area contributed by atoms with Crippen molar-refractivity contribution in [3.8, 4) is 17.2 Å². The summed E-state index contributed by atoms with van der Waals surface area (Å²) in [6, 6.07) is 28.6. The number of hydrogen-bond acceptors (Lipinski definition) is 3. The van der Waals surface area contributed by atoms with E-state index in [9.17, 15) is 0 Å². The maximum Gasteiger partial charge on any atom is 0.416 e. The third-order valence-electron chi connectivity index (χ3n) is 3.48. The molecule has 0 radical (unpaired) electrons. The van der Waals surface area contributed by atoms with E-state index in [0.717, 1.165) is 0 Å². The fourth-order valence-electron chi connectivity index (χ4n) is 2.28. The minimum absolute atomic E-state index is 0.506. The van der Waals surface area contributed by atoms with E-state index in [1.54, 1.807) is 0 Å². The number of para-hydroxylation sites is 3. The molecule has 0 amide bonds. The summed E-state index contributed by atoms with van der Waals surface area (Å²) in [5.41, 5.74) is 0. The van der Waals surface area contributed by atoms with E-state index >= 15 is 0 Å². The van der Waals surface area contributed by atoms with Crippen LogP contribution in [0.5, 0.6) is 17.2 Å². The van der Waals surface area contributed by atoms with E-state index < -0.39 is 5.97 Å². The van der Waals surface area contributed by atoms with Crippen LogP contribution in [0.2, 0.25) is 0 Å². The highest BCUT2D eigenvalue weighted by Crippen LogP contribution is 2.28. The van der Waals surface area contributed by atoms with Gasteiger partial charge < -0.3 is 14.2 Å². The van der Waals surface area contributed by atoms with Gasteiger partial charge in [0.15, 0.2) is 0 Å². The molecule has 0 bridgehead atoms.